The summed E-state index contributed by atoms with van der Waals surface area (Å²) in [6.07, 6.45) is 4.53. The molecule has 0 radical (unpaired) electrons. The summed E-state index contributed by atoms with van der Waals surface area (Å²) in [5.74, 6) is -1.48. The summed E-state index contributed by atoms with van der Waals surface area (Å²) in [6, 6.07) is 12.6. The van der Waals surface area contributed by atoms with Crippen LogP contribution in [0.1, 0.15) is 34.8 Å². The number of para-hydroxylation sites is 1. The van der Waals surface area contributed by atoms with Gasteiger partial charge in [0.25, 0.3) is 5.91 Å². The number of allylic oxidation sites excluding steroid dienone is 2. The molecular formula is C24H24N2O3. The summed E-state index contributed by atoms with van der Waals surface area (Å²) in [4.78, 5) is 40.4. The number of aryl methyl sites for hydroxylation is 2. The zero-order chi connectivity index (χ0) is 20.7. The number of rotatable bonds is 3. The monoisotopic (exact) mass is 388 g/mol. The lowest BCUT2D eigenvalue weighted by Crippen LogP contribution is -2.33. The molecule has 1 heterocycles. The Hall–Kier alpha value is -3.21. The van der Waals surface area contributed by atoms with E-state index in [2.05, 4.69) is 5.32 Å². The molecule has 148 valence electrons. The highest BCUT2D eigenvalue weighted by Gasteiger charge is 2.51. The Kier molecular flexibility index (Phi) is 4.82. The second-order valence-electron chi connectivity index (χ2n) is 8.01. The van der Waals surface area contributed by atoms with E-state index < -0.39 is 0 Å². The van der Waals surface area contributed by atoms with Gasteiger partial charge in [-0.3, -0.25) is 14.4 Å². The average Bonchev–Trinajstić information content (AvgIpc) is 2.92. The Morgan fingerprint density at radius 3 is 2.41 bits per heavy atom. The lowest BCUT2D eigenvalue weighted by molar-refractivity contribution is -0.122. The molecule has 5 nitrogen and oxygen atoms in total. The van der Waals surface area contributed by atoms with Gasteiger partial charge in [-0.2, -0.15) is 0 Å². The second-order valence-corrected chi connectivity index (χ2v) is 8.01. The average molecular weight is 388 g/mol. The SMILES string of the molecule is Cc1cc(C)cc(NC(=O)c2ccccc2N2C(=O)[C@@H]3[C@H](C)C=CC[C@H]3C2=O)c1. The lowest BCUT2D eigenvalue weighted by Gasteiger charge is -2.22. The summed E-state index contributed by atoms with van der Waals surface area (Å²) in [5.41, 5.74) is 3.44. The van der Waals surface area contributed by atoms with E-state index in [1.807, 2.05) is 51.1 Å². The Balaban J connectivity index is 1.68. The van der Waals surface area contributed by atoms with Crippen molar-refractivity contribution in [1.82, 2.24) is 0 Å². The van der Waals surface area contributed by atoms with Crippen LogP contribution in [-0.4, -0.2) is 17.7 Å². The van der Waals surface area contributed by atoms with E-state index in [1.165, 1.54) is 4.90 Å². The molecule has 2 aromatic carbocycles. The van der Waals surface area contributed by atoms with Gasteiger partial charge in [0.2, 0.25) is 11.8 Å². The predicted octanol–water partition coefficient (Wildman–Crippen LogP) is 4.26. The van der Waals surface area contributed by atoms with Crippen LogP contribution in [0.15, 0.2) is 54.6 Å². The fourth-order valence-corrected chi connectivity index (χ4v) is 4.49. The summed E-state index contributed by atoms with van der Waals surface area (Å²) in [6.45, 7) is 5.89. The lowest BCUT2D eigenvalue weighted by atomic mass is 9.78. The van der Waals surface area contributed by atoms with E-state index in [4.69, 9.17) is 0 Å². The van der Waals surface area contributed by atoms with Gasteiger partial charge in [0.1, 0.15) is 0 Å². The van der Waals surface area contributed by atoms with Gasteiger partial charge >= 0.3 is 0 Å². The van der Waals surface area contributed by atoms with Crippen LogP contribution in [0.4, 0.5) is 11.4 Å². The molecule has 2 aliphatic rings. The van der Waals surface area contributed by atoms with Crippen molar-refractivity contribution in [3.63, 3.8) is 0 Å². The Bertz CT molecular complexity index is 1020. The van der Waals surface area contributed by atoms with Gasteiger partial charge in [-0.15, -0.1) is 0 Å². The molecule has 3 amide bonds. The number of hydrogen-bond donors (Lipinski definition) is 1. The first-order valence-electron chi connectivity index (χ1n) is 9.90. The second kappa shape index (κ2) is 7.32. The number of amides is 3. The molecule has 0 unspecified atom stereocenters. The van der Waals surface area contributed by atoms with E-state index in [9.17, 15) is 14.4 Å². The molecular weight excluding hydrogens is 364 g/mol. The minimum absolute atomic E-state index is 0.00598. The highest BCUT2D eigenvalue weighted by molar-refractivity contribution is 6.25. The first-order chi connectivity index (χ1) is 13.9. The Labute approximate surface area is 170 Å². The van der Waals surface area contributed by atoms with Gasteiger partial charge in [-0.1, -0.05) is 37.3 Å². The fraction of sp³-hybridized carbons (Fsp3) is 0.292. The number of nitrogens with one attached hydrogen (secondary N) is 1. The molecule has 1 fully saturated rings. The molecule has 0 saturated carbocycles. The van der Waals surface area contributed by atoms with Crippen LogP contribution in [0, 0.1) is 31.6 Å². The molecule has 2 aromatic rings. The van der Waals surface area contributed by atoms with Crippen molar-refractivity contribution in [2.24, 2.45) is 17.8 Å². The molecule has 1 aliphatic heterocycles. The zero-order valence-corrected chi connectivity index (χ0v) is 16.8. The maximum Gasteiger partial charge on any atom is 0.257 e. The van der Waals surface area contributed by atoms with Crippen molar-refractivity contribution in [2.45, 2.75) is 27.2 Å². The molecule has 0 aromatic heterocycles. The minimum Gasteiger partial charge on any atom is -0.322 e. The molecule has 0 spiro atoms. The molecule has 1 N–H and O–H groups in total. The van der Waals surface area contributed by atoms with E-state index in [1.54, 1.807) is 24.3 Å². The molecule has 1 aliphatic carbocycles. The third-order valence-electron chi connectivity index (χ3n) is 5.74. The van der Waals surface area contributed by atoms with Crippen LogP contribution in [-0.2, 0) is 9.59 Å². The summed E-state index contributed by atoms with van der Waals surface area (Å²) >= 11 is 0. The maximum atomic E-state index is 13.1. The van der Waals surface area contributed by atoms with E-state index in [0.717, 1.165) is 11.1 Å². The topological polar surface area (TPSA) is 66.5 Å². The van der Waals surface area contributed by atoms with Gasteiger partial charge in [0.15, 0.2) is 0 Å². The van der Waals surface area contributed by atoms with Crippen LogP contribution in [0.3, 0.4) is 0 Å². The third-order valence-corrected chi connectivity index (χ3v) is 5.74. The third kappa shape index (κ3) is 3.37. The van der Waals surface area contributed by atoms with Crippen molar-refractivity contribution >= 4 is 29.1 Å². The molecule has 0 bridgehead atoms. The van der Waals surface area contributed by atoms with E-state index in [0.29, 0.717) is 23.4 Å². The van der Waals surface area contributed by atoms with Gasteiger partial charge in [0.05, 0.1) is 23.1 Å². The van der Waals surface area contributed by atoms with Crippen LogP contribution in [0.5, 0.6) is 0 Å². The first-order valence-corrected chi connectivity index (χ1v) is 9.90. The van der Waals surface area contributed by atoms with E-state index in [-0.39, 0.29) is 35.5 Å². The summed E-state index contributed by atoms with van der Waals surface area (Å²) in [5, 5.41) is 2.90. The van der Waals surface area contributed by atoms with Gasteiger partial charge < -0.3 is 5.32 Å². The molecule has 3 atom stereocenters. The van der Waals surface area contributed by atoms with Crippen molar-refractivity contribution in [2.75, 3.05) is 10.2 Å². The minimum atomic E-state index is -0.358. The van der Waals surface area contributed by atoms with Crippen LogP contribution >= 0.6 is 0 Å². The molecule has 5 heteroatoms. The normalized spacial score (nSPS) is 23.3. The number of imide groups is 1. The number of benzene rings is 2. The summed E-state index contributed by atoms with van der Waals surface area (Å²) in [7, 11) is 0. The zero-order valence-electron chi connectivity index (χ0n) is 16.8. The van der Waals surface area contributed by atoms with Gasteiger partial charge in [-0.05, 0) is 61.6 Å². The quantitative estimate of drug-likeness (QED) is 0.631. The van der Waals surface area contributed by atoms with Crippen LogP contribution in [0.2, 0.25) is 0 Å². The standard InChI is InChI=1S/C24H24N2O3/c1-14-11-15(2)13-17(12-14)25-22(27)18-8-4-5-10-20(18)26-23(28)19-9-6-7-16(3)21(19)24(26)29/h4-8,10-13,16,19,21H,9H2,1-3H3,(H,25,27)/t16-,19-,21-/m1/s1. The molecule has 4 rings (SSSR count). The molecule has 1 saturated heterocycles. The Morgan fingerprint density at radius 2 is 1.72 bits per heavy atom. The number of hydrogen-bond acceptors (Lipinski definition) is 3. The van der Waals surface area contributed by atoms with Crippen molar-refractivity contribution in [3.8, 4) is 0 Å². The molecule has 29 heavy (non-hydrogen) atoms. The van der Waals surface area contributed by atoms with Crippen molar-refractivity contribution in [1.29, 1.82) is 0 Å². The largest absolute Gasteiger partial charge is 0.322 e. The van der Waals surface area contributed by atoms with Crippen molar-refractivity contribution < 1.29 is 14.4 Å². The maximum absolute atomic E-state index is 13.1. The fourth-order valence-electron chi connectivity index (χ4n) is 4.49. The number of nitrogens with zero attached hydrogens (tertiary/aromatic N) is 1. The number of anilines is 2. The van der Waals surface area contributed by atoms with Gasteiger partial charge in [-0.25, -0.2) is 4.90 Å². The number of fused-ring (bicyclic) bond motifs is 1. The van der Waals surface area contributed by atoms with E-state index >= 15 is 0 Å². The predicted molar refractivity (Wildman–Crippen MR) is 113 cm³/mol. The number of carbonyl (C=O) groups is 3. The first kappa shape index (κ1) is 19.1. The van der Waals surface area contributed by atoms with Crippen LogP contribution in [0.25, 0.3) is 0 Å². The highest BCUT2D eigenvalue weighted by atomic mass is 16.2. The number of carbonyl (C=O) groups excluding carboxylic acids is 3. The smallest absolute Gasteiger partial charge is 0.257 e. The van der Waals surface area contributed by atoms with Gasteiger partial charge in [0, 0.05) is 5.69 Å². The highest BCUT2D eigenvalue weighted by Crippen LogP contribution is 2.41. The Morgan fingerprint density at radius 1 is 1.03 bits per heavy atom. The van der Waals surface area contributed by atoms with Crippen LogP contribution < -0.4 is 10.2 Å². The van der Waals surface area contributed by atoms with Crippen molar-refractivity contribution in [3.05, 3.63) is 71.3 Å². The summed E-state index contributed by atoms with van der Waals surface area (Å²) < 4.78 is 0.